The number of benzene rings is 2. The van der Waals surface area contributed by atoms with E-state index in [9.17, 15) is 4.79 Å². The number of hydrogen-bond acceptors (Lipinski definition) is 4. The van der Waals surface area contributed by atoms with Gasteiger partial charge in [-0.3, -0.25) is 4.79 Å². The molecule has 168 valence electrons. The number of pyridine rings is 1. The number of likely N-dealkylation sites (tertiary alicyclic amines) is 1. The van der Waals surface area contributed by atoms with Gasteiger partial charge in [-0.15, -0.1) is 0 Å². The number of rotatable bonds is 6. The minimum Gasteiger partial charge on any atom is -0.490 e. The zero-order valence-corrected chi connectivity index (χ0v) is 19.0. The molecule has 2 aliphatic rings. The summed E-state index contributed by atoms with van der Waals surface area (Å²) in [6.07, 6.45) is 5.81. The van der Waals surface area contributed by atoms with Crippen LogP contribution < -0.4 is 15.6 Å². The minimum atomic E-state index is 0.0233. The van der Waals surface area contributed by atoms with Crippen LogP contribution in [0, 0.1) is 0 Å². The second kappa shape index (κ2) is 9.37. The van der Waals surface area contributed by atoms with Crippen LogP contribution in [-0.4, -0.2) is 42.7 Å². The highest BCUT2D eigenvalue weighted by molar-refractivity contribution is 5.80. The largest absolute Gasteiger partial charge is 0.490 e. The quantitative estimate of drug-likeness (QED) is 0.583. The van der Waals surface area contributed by atoms with Crippen molar-refractivity contribution < 1.29 is 4.74 Å². The van der Waals surface area contributed by atoms with Gasteiger partial charge in [-0.2, -0.15) is 0 Å². The summed E-state index contributed by atoms with van der Waals surface area (Å²) in [6.45, 7) is 7.13. The summed E-state index contributed by atoms with van der Waals surface area (Å²) >= 11 is 0. The summed E-state index contributed by atoms with van der Waals surface area (Å²) in [5, 5.41) is 4.60. The lowest BCUT2D eigenvalue weighted by molar-refractivity contribution is 0.223. The normalized spacial score (nSPS) is 17.4. The SMILES string of the molecule is CCc1cc2cc([C@@H](CCN3CCCCC3)c3ccc4c(c3)NCCO4)ccc2[nH]c1=O. The van der Waals surface area contributed by atoms with E-state index in [4.69, 9.17) is 4.74 Å². The van der Waals surface area contributed by atoms with Crippen molar-refractivity contribution in [3.63, 3.8) is 0 Å². The van der Waals surface area contributed by atoms with Gasteiger partial charge in [0.25, 0.3) is 5.56 Å². The lowest BCUT2D eigenvalue weighted by Gasteiger charge is -2.29. The molecule has 0 unspecified atom stereocenters. The van der Waals surface area contributed by atoms with Gasteiger partial charge in [0.15, 0.2) is 0 Å². The molecule has 5 heteroatoms. The van der Waals surface area contributed by atoms with E-state index in [1.54, 1.807) is 0 Å². The molecule has 0 bridgehead atoms. The Hall–Kier alpha value is -2.79. The van der Waals surface area contributed by atoms with Gasteiger partial charge in [0.1, 0.15) is 12.4 Å². The summed E-state index contributed by atoms with van der Waals surface area (Å²) in [5.41, 5.74) is 5.49. The molecule has 1 aromatic heterocycles. The van der Waals surface area contributed by atoms with Gasteiger partial charge in [-0.25, -0.2) is 0 Å². The minimum absolute atomic E-state index is 0.0233. The van der Waals surface area contributed by atoms with Crippen LogP contribution in [0.25, 0.3) is 10.9 Å². The van der Waals surface area contributed by atoms with Gasteiger partial charge in [0, 0.05) is 23.5 Å². The standard InChI is InChI=1S/C27H33N3O2/c1-2-19-16-22-17-20(6-8-24(22)29-27(19)31)23(10-14-30-12-4-3-5-13-30)21-7-9-26-25(18-21)28-11-15-32-26/h6-9,16-18,23,28H,2-5,10-15H2,1H3,(H,29,31)/t23-/m1/s1. The molecule has 32 heavy (non-hydrogen) atoms. The number of nitrogens with one attached hydrogen (secondary N) is 2. The molecule has 0 spiro atoms. The van der Waals surface area contributed by atoms with Crippen LogP contribution in [0.5, 0.6) is 5.75 Å². The van der Waals surface area contributed by atoms with Gasteiger partial charge >= 0.3 is 0 Å². The molecule has 0 saturated carbocycles. The number of aromatic amines is 1. The average molecular weight is 432 g/mol. The van der Waals surface area contributed by atoms with Crippen molar-refractivity contribution >= 4 is 16.6 Å². The number of aromatic nitrogens is 1. The van der Waals surface area contributed by atoms with Crippen molar-refractivity contribution in [2.24, 2.45) is 0 Å². The van der Waals surface area contributed by atoms with Gasteiger partial charge in [-0.05, 0) is 92.2 Å². The molecule has 5 nitrogen and oxygen atoms in total. The van der Waals surface area contributed by atoms with E-state index in [0.29, 0.717) is 12.5 Å². The third-order valence-electron chi connectivity index (χ3n) is 6.99. The Morgan fingerprint density at radius 1 is 1.03 bits per heavy atom. The van der Waals surface area contributed by atoms with E-state index in [2.05, 4.69) is 57.7 Å². The number of piperidine rings is 1. The maximum atomic E-state index is 12.2. The second-order valence-corrected chi connectivity index (χ2v) is 9.10. The van der Waals surface area contributed by atoms with E-state index in [1.165, 1.54) is 43.5 Å². The van der Waals surface area contributed by atoms with Gasteiger partial charge in [0.05, 0.1) is 5.69 Å². The van der Waals surface area contributed by atoms with Crippen molar-refractivity contribution in [3.05, 3.63) is 69.5 Å². The Kier molecular flexibility index (Phi) is 6.17. The molecule has 2 aliphatic heterocycles. The molecule has 1 atom stereocenters. The predicted octanol–water partition coefficient (Wildman–Crippen LogP) is 4.90. The molecule has 1 saturated heterocycles. The highest BCUT2D eigenvalue weighted by Crippen LogP contribution is 2.36. The lowest BCUT2D eigenvalue weighted by Crippen LogP contribution is -2.31. The first-order valence-electron chi connectivity index (χ1n) is 12.1. The lowest BCUT2D eigenvalue weighted by atomic mass is 9.87. The number of ether oxygens (including phenoxy) is 1. The van der Waals surface area contributed by atoms with Crippen molar-refractivity contribution in [2.45, 2.75) is 44.9 Å². The molecule has 2 N–H and O–H groups in total. The number of H-pyrrole nitrogens is 1. The van der Waals surface area contributed by atoms with Crippen molar-refractivity contribution in [2.75, 3.05) is 38.1 Å². The van der Waals surface area contributed by atoms with E-state index < -0.39 is 0 Å². The van der Waals surface area contributed by atoms with E-state index in [-0.39, 0.29) is 5.56 Å². The molecule has 1 fully saturated rings. The molecule has 3 aromatic rings. The van der Waals surface area contributed by atoms with E-state index in [1.807, 2.05) is 6.92 Å². The van der Waals surface area contributed by atoms with E-state index >= 15 is 0 Å². The van der Waals surface area contributed by atoms with Crippen molar-refractivity contribution in [1.82, 2.24) is 9.88 Å². The zero-order valence-electron chi connectivity index (χ0n) is 19.0. The molecule has 5 rings (SSSR count). The number of nitrogens with zero attached hydrogens (tertiary/aromatic N) is 1. The Balaban J connectivity index is 1.51. The molecule has 0 radical (unpaired) electrons. The molecule has 3 heterocycles. The fraction of sp³-hybridized carbons (Fsp3) is 0.444. The number of aryl methyl sites for hydroxylation is 1. The van der Waals surface area contributed by atoms with Crippen LogP contribution >= 0.6 is 0 Å². The van der Waals surface area contributed by atoms with E-state index in [0.717, 1.165) is 53.8 Å². The fourth-order valence-electron chi connectivity index (χ4n) is 5.15. The maximum absolute atomic E-state index is 12.2. The van der Waals surface area contributed by atoms with Crippen LogP contribution in [0.15, 0.2) is 47.3 Å². The zero-order chi connectivity index (χ0) is 21.9. The summed E-state index contributed by atoms with van der Waals surface area (Å²) in [6, 6.07) is 15.2. The number of fused-ring (bicyclic) bond motifs is 2. The summed E-state index contributed by atoms with van der Waals surface area (Å²) < 4.78 is 5.81. The molecule has 0 aliphatic carbocycles. The average Bonchev–Trinajstić information content (AvgIpc) is 2.84. The molecule has 0 amide bonds. The van der Waals surface area contributed by atoms with Crippen LogP contribution in [0.1, 0.15) is 55.2 Å². The fourth-order valence-corrected chi connectivity index (χ4v) is 5.15. The Morgan fingerprint density at radius 2 is 1.84 bits per heavy atom. The monoisotopic (exact) mass is 431 g/mol. The van der Waals surface area contributed by atoms with Gasteiger partial charge in [-0.1, -0.05) is 25.5 Å². The first-order chi connectivity index (χ1) is 15.7. The maximum Gasteiger partial charge on any atom is 0.251 e. The Morgan fingerprint density at radius 3 is 2.69 bits per heavy atom. The molecular formula is C27H33N3O2. The Bertz CT molecular complexity index is 1150. The molecular weight excluding hydrogens is 398 g/mol. The number of hydrogen-bond donors (Lipinski definition) is 2. The van der Waals surface area contributed by atoms with Crippen LogP contribution in [0.2, 0.25) is 0 Å². The highest BCUT2D eigenvalue weighted by atomic mass is 16.5. The third-order valence-corrected chi connectivity index (χ3v) is 6.99. The topological polar surface area (TPSA) is 57.4 Å². The van der Waals surface area contributed by atoms with Crippen LogP contribution in [0.3, 0.4) is 0 Å². The van der Waals surface area contributed by atoms with Crippen LogP contribution in [0.4, 0.5) is 5.69 Å². The molecule has 2 aromatic carbocycles. The third kappa shape index (κ3) is 4.40. The predicted molar refractivity (Wildman–Crippen MR) is 131 cm³/mol. The van der Waals surface area contributed by atoms with Gasteiger partial charge in [0.2, 0.25) is 0 Å². The summed E-state index contributed by atoms with van der Waals surface area (Å²) in [4.78, 5) is 17.9. The summed E-state index contributed by atoms with van der Waals surface area (Å²) in [5.74, 6) is 1.24. The van der Waals surface area contributed by atoms with Gasteiger partial charge < -0.3 is 19.9 Å². The summed E-state index contributed by atoms with van der Waals surface area (Å²) in [7, 11) is 0. The van der Waals surface area contributed by atoms with Crippen molar-refractivity contribution in [1.29, 1.82) is 0 Å². The Labute approximate surface area is 189 Å². The second-order valence-electron chi connectivity index (χ2n) is 9.10. The smallest absolute Gasteiger partial charge is 0.251 e. The first kappa shape index (κ1) is 21.1. The van der Waals surface area contributed by atoms with Crippen LogP contribution in [-0.2, 0) is 6.42 Å². The number of anilines is 1. The first-order valence-corrected chi connectivity index (χ1v) is 12.1. The highest BCUT2D eigenvalue weighted by Gasteiger charge is 2.20. The van der Waals surface area contributed by atoms with Crippen molar-refractivity contribution in [3.8, 4) is 5.75 Å².